The molecule has 116 valence electrons. The molecule has 2 N–H and O–H groups in total. The largest absolute Gasteiger partial charge is 0.459 e. The van der Waals surface area contributed by atoms with Crippen LogP contribution in [0.5, 0.6) is 0 Å². The summed E-state index contributed by atoms with van der Waals surface area (Å²) in [6, 6.07) is 9.74. The number of benzene rings is 1. The van der Waals surface area contributed by atoms with E-state index >= 15 is 0 Å². The summed E-state index contributed by atoms with van der Waals surface area (Å²) in [5.41, 5.74) is 6.35. The monoisotopic (exact) mass is 312 g/mol. The first-order valence-corrected chi connectivity index (χ1v) is 6.58. The van der Waals surface area contributed by atoms with E-state index in [9.17, 15) is 4.79 Å². The highest BCUT2D eigenvalue weighted by molar-refractivity contribution is 5.85. The lowest BCUT2D eigenvalue weighted by Crippen LogP contribution is -2.33. The Hall–Kier alpha value is -1.56. The second-order valence-electron chi connectivity index (χ2n) is 4.80. The summed E-state index contributed by atoms with van der Waals surface area (Å²) in [6.45, 7) is 0.773. The van der Waals surface area contributed by atoms with Gasteiger partial charge in [0.1, 0.15) is 11.3 Å². The molecule has 0 aliphatic carbocycles. The maximum Gasteiger partial charge on any atom is 0.225 e. The number of para-hydroxylation sites is 1. The van der Waals surface area contributed by atoms with E-state index in [1.807, 2.05) is 30.3 Å². The van der Waals surface area contributed by atoms with Crippen LogP contribution in [0.2, 0.25) is 0 Å². The Labute approximate surface area is 130 Å². The number of nitrogens with zero attached hydrogens (tertiary/aromatic N) is 1. The first-order valence-electron chi connectivity index (χ1n) is 6.58. The topological polar surface area (TPSA) is 68.7 Å². The molecule has 1 atom stereocenters. The van der Waals surface area contributed by atoms with Crippen molar-refractivity contribution in [3.05, 3.63) is 36.1 Å². The summed E-state index contributed by atoms with van der Waals surface area (Å²) >= 11 is 0. The number of carbonyl (C=O) groups is 1. The summed E-state index contributed by atoms with van der Waals surface area (Å²) in [5.74, 6) is 0.756. The van der Waals surface area contributed by atoms with Crippen molar-refractivity contribution < 1.29 is 13.9 Å². The molecule has 0 aliphatic rings. The fourth-order valence-corrected chi connectivity index (χ4v) is 2.05. The van der Waals surface area contributed by atoms with Gasteiger partial charge >= 0.3 is 0 Å². The van der Waals surface area contributed by atoms with E-state index in [4.69, 9.17) is 14.9 Å². The molecule has 21 heavy (non-hydrogen) atoms. The molecule has 1 amide bonds. The third-order valence-corrected chi connectivity index (χ3v) is 3.29. The number of rotatable bonds is 6. The van der Waals surface area contributed by atoms with E-state index in [-0.39, 0.29) is 30.8 Å². The zero-order valence-corrected chi connectivity index (χ0v) is 13.1. The first kappa shape index (κ1) is 17.5. The van der Waals surface area contributed by atoms with Crippen LogP contribution in [0.1, 0.15) is 12.2 Å². The SMILES string of the molecule is COC(CN)CC(=O)N(C)Cc1cc2ccccc2o1.Cl. The smallest absolute Gasteiger partial charge is 0.225 e. The molecule has 1 aromatic heterocycles. The first-order chi connectivity index (χ1) is 9.63. The van der Waals surface area contributed by atoms with Crippen LogP contribution in [0.15, 0.2) is 34.7 Å². The molecule has 6 heteroatoms. The quantitative estimate of drug-likeness (QED) is 0.887. The summed E-state index contributed by atoms with van der Waals surface area (Å²) in [6.07, 6.45) is 0.0459. The van der Waals surface area contributed by atoms with Crippen molar-refractivity contribution >= 4 is 29.3 Å². The molecule has 0 bridgehead atoms. The maximum absolute atomic E-state index is 12.0. The number of amides is 1. The molecular weight excluding hydrogens is 292 g/mol. The summed E-state index contributed by atoms with van der Waals surface area (Å²) in [7, 11) is 3.31. The van der Waals surface area contributed by atoms with Crippen LogP contribution in [-0.2, 0) is 16.1 Å². The van der Waals surface area contributed by atoms with Gasteiger partial charge in [-0.05, 0) is 12.1 Å². The Balaban J connectivity index is 0.00000220. The lowest BCUT2D eigenvalue weighted by Gasteiger charge is -2.19. The van der Waals surface area contributed by atoms with E-state index in [1.165, 1.54) is 0 Å². The zero-order valence-electron chi connectivity index (χ0n) is 12.2. The van der Waals surface area contributed by atoms with Crippen molar-refractivity contribution in [2.45, 2.75) is 19.1 Å². The van der Waals surface area contributed by atoms with E-state index in [1.54, 1.807) is 19.1 Å². The summed E-state index contributed by atoms with van der Waals surface area (Å²) in [5, 5.41) is 1.04. The molecule has 2 aromatic rings. The van der Waals surface area contributed by atoms with Gasteiger partial charge in [0.15, 0.2) is 0 Å². The molecule has 0 radical (unpaired) electrons. The number of carbonyl (C=O) groups excluding carboxylic acids is 1. The highest BCUT2D eigenvalue weighted by atomic mass is 35.5. The fraction of sp³-hybridized carbons (Fsp3) is 0.400. The van der Waals surface area contributed by atoms with E-state index in [0.717, 1.165) is 16.7 Å². The van der Waals surface area contributed by atoms with E-state index in [0.29, 0.717) is 13.1 Å². The van der Waals surface area contributed by atoms with Crippen LogP contribution in [-0.4, -0.2) is 37.6 Å². The van der Waals surface area contributed by atoms with Crippen LogP contribution in [0.3, 0.4) is 0 Å². The van der Waals surface area contributed by atoms with Crippen molar-refractivity contribution in [1.29, 1.82) is 0 Å². The summed E-state index contributed by atoms with van der Waals surface area (Å²) in [4.78, 5) is 13.7. The van der Waals surface area contributed by atoms with Gasteiger partial charge in [0, 0.05) is 26.1 Å². The van der Waals surface area contributed by atoms with Crippen molar-refractivity contribution in [2.75, 3.05) is 20.7 Å². The van der Waals surface area contributed by atoms with Crippen molar-refractivity contribution in [3.8, 4) is 0 Å². The maximum atomic E-state index is 12.0. The van der Waals surface area contributed by atoms with E-state index in [2.05, 4.69) is 0 Å². The van der Waals surface area contributed by atoms with Gasteiger partial charge in [-0.15, -0.1) is 12.4 Å². The molecule has 1 unspecified atom stereocenters. The lowest BCUT2D eigenvalue weighted by atomic mass is 10.2. The second-order valence-corrected chi connectivity index (χ2v) is 4.80. The molecule has 0 spiro atoms. The van der Waals surface area contributed by atoms with Gasteiger partial charge in [0.25, 0.3) is 0 Å². The Bertz CT molecular complexity index is 548. The van der Waals surface area contributed by atoms with Crippen LogP contribution >= 0.6 is 12.4 Å². The van der Waals surface area contributed by atoms with Gasteiger partial charge in [-0.25, -0.2) is 0 Å². The van der Waals surface area contributed by atoms with Crippen LogP contribution in [0, 0.1) is 0 Å². The number of furan rings is 1. The average Bonchev–Trinajstić information content (AvgIpc) is 2.86. The molecule has 0 fully saturated rings. The number of hydrogen-bond acceptors (Lipinski definition) is 4. The van der Waals surface area contributed by atoms with Crippen molar-refractivity contribution in [2.24, 2.45) is 5.73 Å². The number of fused-ring (bicyclic) bond motifs is 1. The number of methoxy groups -OCH3 is 1. The Kier molecular flexibility index (Phi) is 6.68. The summed E-state index contributed by atoms with van der Waals surface area (Å²) < 4.78 is 10.8. The standard InChI is InChI=1S/C15H20N2O3.ClH/c1-17(15(18)8-12(9-16)19-2)10-13-7-11-5-3-4-6-14(11)20-13;/h3-7,12H,8-10,16H2,1-2H3;1H. The minimum absolute atomic E-state index is 0. The molecule has 0 saturated heterocycles. The Morgan fingerprint density at radius 2 is 2.14 bits per heavy atom. The number of ether oxygens (including phenoxy) is 1. The average molecular weight is 313 g/mol. The van der Waals surface area contributed by atoms with E-state index < -0.39 is 0 Å². The third-order valence-electron chi connectivity index (χ3n) is 3.29. The molecule has 1 heterocycles. The predicted octanol–water partition coefficient (Wildman–Crippen LogP) is 2.18. The van der Waals surface area contributed by atoms with Crippen LogP contribution in [0.4, 0.5) is 0 Å². The zero-order chi connectivity index (χ0) is 14.5. The molecule has 5 nitrogen and oxygen atoms in total. The van der Waals surface area contributed by atoms with Gasteiger partial charge in [-0.3, -0.25) is 4.79 Å². The lowest BCUT2D eigenvalue weighted by molar-refractivity contribution is -0.133. The third kappa shape index (κ3) is 4.46. The van der Waals surface area contributed by atoms with Gasteiger partial charge in [0.05, 0.1) is 19.1 Å². The molecule has 0 saturated carbocycles. The van der Waals surface area contributed by atoms with Crippen molar-refractivity contribution in [1.82, 2.24) is 4.90 Å². The van der Waals surface area contributed by atoms with Gasteiger partial charge < -0.3 is 19.8 Å². The molecular formula is C15H21ClN2O3. The number of halogens is 1. The predicted molar refractivity (Wildman–Crippen MR) is 84.4 cm³/mol. The highest BCUT2D eigenvalue weighted by Gasteiger charge is 2.16. The molecule has 1 aromatic carbocycles. The van der Waals surface area contributed by atoms with Crippen molar-refractivity contribution in [3.63, 3.8) is 0 Å². The van der Waals surface area contributed by atoms with Gasteiger partial charge in [-0.2, -0.15) is 0 Å². The Morgan fingerprint density at radius 1 is 1.43 bits per heavy atom. The minimum Gasteiger partial charge on any atom is -0.459 e. The highest BCUT2D eigenvalue weighted by Crippen LogP contribution is 2.19. The van der Waals surface area contributed by atoms with Gasteiger partial charge in [-0.1, -0.05) is 18.2 Å². The second kappa shape index (κ2) is 8.02. The fourth-order valence-electron chi connectivity index (χ4n) is 2.05. The number of hydrogen-bond donors (Lipinski definition) is 1. The van der Waals surface area contributed by atoms with Gasteiger partial charge in [0.2, 0.25) is 5.91 Å². The molecule has 2 rings (SSSR count). The number of nitrogens with two attached hydrogens (primary N) is 1. The van der Waals surface area contributed by atoms with Crippen LogP contribution in [0.25, 0.3) is 11.0 Å². The Morgan fingerprint density at radius 3 is 2.76 bits per heavy atom. The van der Waals surface area contributed by atoms with Crippen LogP contribution < -0.4 is 5.73 Å². The molecule has 0 aliphatic heterocycles. The normalized spacial score (nSPS) is 12.0. The minimum atomic E-state index is -0.236.